The number of rotatable bonds is 4. The van der Waals surface area contributed by atoms with Crippen LogP contribution in [-0.2, 0) is 11.2 Å². The monoisotopic (exact) mass is 464 g/mol. The van der Waals surface area contributed by atoms with E-state index in [1.54, 1.807) is 23.1 Å². The van der Waals surface area contributed by atoms with Crippen molar-refractivity contribution in [3.05, 3.63) is 60.2 Å². The van der Waals surface area contributed by atoms with Crippen molar-refractivity contribution in [3.63, 3.8) is 0 Å². The third-order valence-electron chi connectivity index (χ3n) is 6.76. The molecule has 8 heteroatoms. The predicted octanol–water partition coefficient (Wildman–Crippen LogP) is 5.31. The van der Waals surface area contributed by atoms with Gasteiger partial charge in [-0.25, -0.2) is 9.18 Å². The van der Waals surface area contributed by atoms with E-state index in [4.69, 9.17) is 9.47 Å². The van der Waals surface area contributed by atoms with Crippen molar-refractivity contribution in [2.75, 3.05) is 25.1 Å². The molecule has 1 aromatic heterocycles. The number of nitrogens with zero attached hydrogens (tertiary/aromatic N) is 3. The number of amides is 1. The first kappa shape index (κ1) is 22.4. The summed E-state index contributed by atoms with van der Waals surface area (Å²) in [5.74, 6) is 0.254. The molecule has 7 nitrogen and oxygen atoms in total. The predicted molar refractivity (Wildman–Crippen MR) is 128 cm³/mol. The number of hydrogen-bond donors (Lipinski definition) is 1. The highest BCUT2D eigenvalue weighted by atomic mass is 19.1. The number of carbonyl (C=O) groups is 1. The van der Waals surface area contributed by atoms with E-state index >= 15 is 0 Å². The number of halogens is 1. The number of fused-ring (bicyclic) bond motifs is 1. The zero-order valence-corrected chi connectivity index (χ0v) is 19.5. The Morgan fingerprint density at radius 3 is 2.71 bits per heavy atom. The van der Waals surface area contributed by atoms with E-state index in [0.717, 1.165) is 54.7 Å². The molecule has 1 amide bonds. The van der Waals surface area contributed by atoms with Gasteiger partial charge < -0.3 is 14.8 Å². The van der Waals surface area contributed by atoms with Crippen LogP contribution in [0.3, 0.4) is 0 Å². The summed E-state index contributed by atoms with van der Waals surface area (Å²) in [5, 5.41) is 8.02. The lowest BCUT2D eigenvalue weighted by Gasteiger charge is -2.35. The molecule has 0 unspecified atom stereocenters. The van der Waals surface area contributed by atoms with Crippen molar-refractivity contribution in [2.45, 2.75) is 44.7 Å². The third kappa shape index (κ3) is 4.14. The van der Waals surface area contributed by atoms with Crippen molar-refractivity contribution in [1.29, 1.82) is 0 Å². The van der Waals surface area contributed by atoms with Gasteiger partial charge >= 0.3 is 6.09 Å². The molecular formula is C26H29FN4O3. The molecule has 0 radical (unpaired) electrons. The van der Waals surface area contributed by atoms with Crippen molar-refractivity contribution in [2.24, 2.45) is 0 Å². The van der Waals surface area contributed by atoms with E-state index in [9.17, 15) is 9.18 Å². The number of methoxy groups -OCH3 is 1. The topological polar surface area (TPSA) is 68.6 Å². The van der Waals surface area contributed by atoms with Crippen LogP contribution in [-0.4, -0.2) is 42.1 Å². The van der Waals surface area contributed by atoms with Crippen molar-refractivity contribution >= 4 is 11.8 Å². The molecule has 1 N–H and O–H groups in total. The zero-order chi connectivity index (χ0) is 23.7. The number of nitrogens with one attached hydrogen (secondary N) is 1. The number of aromatic nitrogens is 2. The van der Waals surface area contributed by atoms with E-state index in [1.165, 1.54) is 13.2 Å². The molecule has 0 aliphatic carbocycles. The standard InChI is InChI=1S/C26H29FN4O3/c1-17-7-8-21-23(31(17)26(32)33-2)10-9-20(25(21)34-24-6-4-3-5-22(24)27)18-15-29-30(16-18)19-11-13-28-14-12-19/h3-6,9-10,15-17,19,28H,7-8,11-14H2,1-2H3/t17-/m0/s1. The smallest absolute Gasteiger partial charge is 0.414 e. The third-order valence-corrected chi connectivity index (χ3v) is 6.76. The molecule has 178 valence electrons. The molecule has 34 heavy (non-hydrogen) atoms. The van der Waals surface area contributed by atoms with Crippen LogP contribution >= 0.6 is 0 Å². The summed E-state index contributed by atoms with van der Waals surface area (Å²) >= 11 is 0. The van der Waals surface area contributed by atoms with Gasteiger partial charge in [-0.15, -0.1) is 0 Å². The van der Waals surface area contributed by atoms with Gasteiger partial charge in [-0.05, 0) is 70.0 Å². The van der Waals surface area contributed by atoms with Crippen molar-refractivity contribution in [3.8, 4) is 22.6 Å². The second-order valence-corrected chi connectivity index (χ2v) is 8.89. The Balaban J connectivity index is 1.61. The van der Waals surface area contributed by atoms with Crippen LogP contribution in [0.5, 0.6) is 11.5 Å². The van der Waals surface area contributed by atoms with E-state index < -0.39 is 11.9 Å². The number of piperidine rings is 1. The minimum Gasteiger partial charge on any atom is -0.453 e. The fraction of sp³-hybridized carbons (Fsp3) is 0.385. The van der Waals surface area contributed by atoms with Gasteiger partial charge in [0.05, 0.1) is 25.0 Å². The van der Waals surface area contributed by atoms with E-state index in [1.807, 2.05) is 36.1 Å². The van der Waals surface area contributed by atoms with Crippen LogP contribution < -0.4 is 15.0 Å². The van der Waals surface area contributed by atoms with Gasteiger partial charge in [-0.2, -0.15) is 5.10 Å². The molecule has 0 spiro atoms. The van der Waals surface area contributed by atoms with Crippen LogP contribution in [0.1, 0.15) is 37.8 Å². The summed E-state index contributed by atoms with van der Waals surface area (Å²) in [6.07, 6.45) is 6.94. The molecule has 3 heterocycles. The molecule has 2 aliphatic heterocycles. The van der Waals surface area contributed by atoms with E-state index in [-0.39, 0.29) is 11.8 Å². The second kappa shape index (κ2) is 9.46. The van der Waals surface area contributed by atoms with Gasteiger partial charge in [0.15, 0.2) is 11.6 Å². The summed E-state index contributed by atoms with van der Waals surface area (Å²) < 4.78 is 27.9. The average Bonchev–Trinajstić information content (AvgIpc) is 3.35. The van der Waals surface area contributed by atoms with E-state index in [0.29, 0.717) is 18.2 Å². The SMILES string of the molecule is COC(=O)N1c2ccc(-c3cnn(C4CCNCC4)c3)c(Oc3ccccc3F)c2CC[C@@H]1C. The van der Waals surface area contributed by atoms with Gasteiger partial charge in [0.25, 0.3) is 0 Å². The molecular weight excluding hydrogens is 435 g/mol. The molecule has 2 aliphatic rings. The van der Waals surface area contributed by atoms with Crippen LogP contribution in [0.15, 0.2) is 48.8 Å². The number of ether oxygens (including phenoxy) is 2. The largest absolute Gasteiger partial charge is 0.453 e. The highest BCUT2D eigenvalue weighted by Crippen LogP contribution is 2.45. The first-order valence-corrected chi connectivity index (χ1v) is 11.8. The molecule has 1 fully saturated rings. The number of para-hydroxylation sites is 1. The van der Waals surface area contributed by atoms with Crippen LogP contribution in [0.25, 0.3) is 11.1 Å². The fourth-order valence-corrected chi connectivity index (χ4v) is 4.91. The maximum Gasteiger partial charge on any atom is 0.414 e. The second-order valence-electron chi connectivity index (χ2n) is 8.89. The Hall–Kier alpha value is -3.39. The molecule has 0 bridgehead atoms. The Bertz CT molecular complexity index is 1190. The van der Waals surface area contributed by atoms with Gasteiger partial charge in [0.2, 0.25) is 0 Å². The van der Waals surface area contributed by atoms with Crippen molar-refractivity contribution < 1.29 is 18.7 Å². The summed E-state index contributed by atoms with van der Waals surface area (Å²) in [4.78, 5) is 14.2. The first-order valence-electron chi connectivity index (χ1n) is 11.8. The highest BCUT2D eigenvalue weighted by Gasteiger charge is 2.32. The lowest BCUT2D eigenvalue weighted by molar-refractivity contribution is 0.175. The highest BCUT2D eigenvalue weighted by molar-refractivity contribution is 5.92. The summed E-state index contributed by atoms with van der Waals surface area (Å²) in [6.45, 7) is 3.94. The van der Waals surface area contributed by atoms with Crippen molar-refractivity contribution in [1.82, 2.24) is 15.1 Å². The fourth-order valence-electron chi connectivity index (χ4n) is 4.91. The van der Waals surface area contributed by atoms with Gasteiger partial charge in [0, 0.05) is 28.9 Å². The normalized spacial score (nSPS) is 18.4. The lowest BCUT2D eigenvalue weighted by atomic mass is 9.92. The molecule has 5 rings (SSSR count). The Labute approximate surface area is 198 Å². The number of benzene rings is 2. The van der Waals surface area contributed by atoms with Gasteiger partial charge in [-0.1, -0.05) is 12.1 Å². The summed E-state index contributed by atoms with van der Waals surface area (Å²) in [7, 11) is 1.38. The molecule has 0 saturated carbocycles. The maximum atomic E-state index is 14.6. The molecule has 1 saturated heterocycles. The minimum absolute atomic E-state index is 0.0187. The Morgan fingerprint density at radius 2 is 1.94 bits per heavy atom. The summed E-state index contributed by atoms with van der Waals surface area (Å²) in [6, 6.07) is 10.5. The lowest BCUT2D eigenvalue weighted by Crippen LogP contribution is -2.42. The first-order chi connectivity index (χ1) is 16.6. The zero-order valence-electron chi connectivity index (χ0n) is 19.5. The maximum absolute atomic E-state index is 14.6. The Morgan fingerprint density at radius 1 is 1.15 bits per heavy atom. The molecule has 1 atom stereocenters. The average molecular weight is 465 g/mol. The summed E-state index contributed by atoms with van der Waals surface area (Å²) in [5.41, 5.74) is 3.31. The number of hydrogen-bond acceptors (Lipinski definition) is 5. The van der Waals surface area contributed by atoms with Gasteiger partial charge in [-0.3, -0.25) is 9.58 Å². The number of carbonyl (C=O) groups excluding carboxylic acids is 1. The van der Waals surface area contributed by atoms with E-state index in [2.05, 4.69) is 10.4 Å². The molecule has 2 aromatic carbocycles. The number of anilines is 1. The van der Waals surface area contributed by atoms with Crippen LogP contribution in [0, 0.1) is 5.82 Å². The van der Waals surface area contributed by atoms with Crippen LogP contribution in [0.2, 0.25) is 0 Å². The van der Waals surface area contributed by atoms with Crippen LogP contribution in [0.4, 0.5) is 14.9 Å². The Kier molecular flexibility index (Phi) is 6.24. The van der Waals surface area contributed by atoms with Gasteiger partial charge in [0.1, 0.15) is 5.75 Å². The molecule has 3 aromatic rings. The quantitative estimate of drug-likeness (QED) is 0.567. The minimum atomic E-state index is -0.439.